The molecule has 0 bridgehead atoms. The van der Waals surface area contributed by atoms with Crippen LogP contribution in [0.4, 0.5) is 5.69 Å². The number of aromatic nitrogens is 3. The summed E-state index contributed by atoms with van der Waals surface area (Å²) >= 11 is 0. The first-order chi connectivity index (χ1) is 12.7. The predicted octanol–water partition coefficient (Wildman–Crippen LogP) is 3.53. The van der Waals surface area contributed by atoms with Gasteiger partial charge in [-0.05, 0) is 62.1 Å². The molecule has 138 valence electrons. The minimum atomic E-state index is -0.209. The molecule has 1 aromatic carbocycles. The fourth-order valence-corrected chi connectivity index (χ4v) is 4.31. The van der Waals surface area contributed by atoms with Crippen molar-refractivity contribution in [1.29, 1.82) is 0 Å². The molecule has 0 aliphatic heterocycles. The van der Waals surface area contributed by atoms with Crippen LogP contribution >= 0.6 is 0 Å². The molecule has 1 aromatic heterocycles. The van der Waals surface area contributed by atoms with Crippen molar-refractivity contribution in [1.82, 2.24) is 15.0 Å². The van der Waals surface area contributed by atoms with Gasteiger partial charge in [-0.3, -0.25) is 4.79 Å². The minimum absolute atomic E-state index is 0.209. The number of amides is 1. The van der Waals surface area contributed by atoms with Gasteiger partial charge in [0.2, 0.25) is 0 Å². The normalized spacial score (nSPS) is 16.7. The summed E-state index contributed by atoms with van der Waals surface area (Å²) in [7, 11) is 1.63. The average molecular weight is 354 g/mol. The van der Waals surface area contributed by atoms with E-state index in [0.29, 0.717) is 17.4 Å². The third kappa shape index (κ3) is 3.08. The summed E-state index contributed by atoms with van der Waals surface area (Å²) in [4.78, 5) is 12.9. The highest BCUT2D eigenvalue weighted by atomic mass is 16.5. The Kier molecular flexibility index (Phi) is 4.66. The highest BCUT2D eigenvalue weighted by molar-refractivity contribution is 6.05. The highest BCUT2D eigenvalue weighted by Gasteiger charge is 2.24. The molecule has 1 amide bonds. The summed E-state index contributed by atoms with van der Waals surface area (Å²) in [5, 5.41) is 11.4. The second-order valence-corrected chi connectivity index (χ2v) is 7.44. The van der Waals surface area contributed by atoms with Gasteiger partial charge in [0.05, 0.1) is 18.5 Å². The number of carbonyl (C=O) groups is 1. The van der Waals surface area contributed by atoms with Crippen molar-refractivity contribution in [3.8, 4) is 5.75 Å². The number of benzene rings is 1. The van der Waals surface area contributed by atoms with Gasteiger partial charge >= 0.3 is 0 Å². The molecule has 0 saturated heterocycles. The maximum atomic E-state index is 12.9. The molecule has 1 N–H and O–H groups in total. The quantitative estimate of drug-likeness (QED) is 0.892. The van der Waals surface area contributed by atoms with Crippen LogP contribution < -0.4 is 10.1 Å². The van der Waals surface area contributed by atoms with Gasteiger partial charge in [0.15, 0.2) is 5.69 Å². The van der Waals surface area contributed by atoms with Crippen LogP contribution in [0.1, 0.15) is 59.4 Å². The monoisotopic (exact) mass is 354 g/mol. The molecule has 6 heteroatoms. The number of rotatable bonds is 5. The number of hydrogen-bond donors (Lipinski definition) is 1. The van der Waals surface area contributed by atoms with Crippen molar-refractivity contribution in [2.45, 2.75) is 58.4 Å². The van der Waals surface area contributed by atoms with Gasteiger partial charge in [0.1, 0.15) is 5.75 Å². The smallest absolute Gasteiger partial charge is 0.278 e. The standard InChI is InChI=1S/C20H26N4O2/c1-13-18(22-23-24(13)12-14-6-3-4-7-14)20(25)21-19-16-9-5-8-15(16)10-11-17(19)26-2/h10-11,14H,3-9,12H2,1-2H3,(H,21,25). The lowest BCUT2D eigenvalue weighted by Crippen LogP contribution is -2.17. The topological polar surface area (TPSA) is 69.0 Å². The number of anilines is 1. The Morgan fingerprint density at radius 1 is 1.27 bits per heavy atom. The van der Waals surface area contributed by atoms with E-state index in [2.05, 4.69) is 21.7 Å². The second-order valence-electron chi connectivity index (χ2n) is 7.44. The molecule has 1 heterocycles. The summed E-state index contributed by atoms with van der Waals surface area (Å²) in [6.45, 7) is 2.78. The number of nitrogens with one attached hydrogen (secondary N) is 1. The van der Waals surface area contributed by atoms with Crippen LogP contribution in [0.2, 0.25) is 0 Å². The molecule has 0 spiro atoms. The van der Waals surface area contributed by atoms with Gasteiger partial charge in [-0.15, -0.1) is 5.10 Å². The average Bonchev–Trinajstić information content (AvgIpc) is 3.38. The van der Waals surface area contributed by atoms with Gasteiger partial charge in [-0.2, -0.15) is 0 Å². The number of methoxy groups -OCH3 is 1. The first-order valence-corrected chi connectivity index (χ1v) is 9.57. The fourth-order valence-electron chi connectivity index (χ4n) is 4.31. The lowest BCUT2D eigenvalue weighted by atomic mass is 10.1. The first kappa shape index (κ1) is 17.1. The van der Waals surface area contributed by atoms with Crippen molar-refractivity contribution in [3.63, 3.8) is 0 Å². The van der Waals surface area contributed by atoms with Crippen LogP contribution in [0.15, 0.2) is 12.1 Å². The summed E-state index contributed by atoms with van der Waals surface area (Å²) in [5.74, 6) is 1.15. The van der Waals surface area contributed by atoms with E-state index in [0.717, 1.165) is 37.2 Å². The van der Waals surface area contributed by atoms with E-state index in [4.69, 9.17) is 4.74 Å². The van der Waals surface area contributed by atoms with E-state index in [9.17, 15) is 4.79 Å². The largest absolute Gasteiger partial charge is 0.495 e. The summed E-state index contributed by atoms with van der Waals surface area (Å²) in [5.41, 5.74) is 4.51. The second kappa shape index (κ2) is 7.09. The summed E-state index contributed by atoms with van der Waals surface area (Å²) in [6, 6.07) is 4.03. The molecule has 1 fully saturated rings. The van der Waals surface area contributed by atoms with E-state index < -0.39 is 0 Å². The third-order valence-corrected chi connectivity index (χ3v) is 5.81. The van der Waals surface area contributed by atoms with Crippen molar-refractivity contribution < 1.29 is 9.53 Å². The number of ether oxygens (including phenoxy) is 1. The lowest BCUT2D eigenvalue weighted by Gasteiger charge is -2.14. The molecule has 2 aliphatic rings. The minimum Gasteiger partial charge on any atom is -0.495 e. The Labute approximate surface area is 153 Å². The number of fused-ring (bicyclic) bond motifs is 1. The Morgan fingerprint density at radius 2 is 2.08 bits per heavy atom. The number of nitrogens with zero attached hydrogens (tertiary/aromatic N) is 3. The van der Waals surface area contributed by atoms with Crippen molar-refractivity contribution in [2.24, 2.45) is 5.92 Å². The van der Waals surface area contributed by atoms with Crippen LogP contribution in [-0.4, -0.2) is 28.0 Å². The van der Waals surface area contributed by atoms with Gasteiger partial charge in [0.25, 0.3) is 5.91 Å². The Bertz CT molecular complexity index is 821. The molecular formula is C20H26N4O2. The van der Waals surface area contributed by atoms with E-state index in [-0.39, 0.29) is 5.91 Å². The predicted molar refractivity (Wildman–Crippen MR) is 99.7 cm³/mol. The SMILES string of the molecule is COc1ccc2c(c1NC(=O)c1nnn(CC3CCCC3)c1C)CCC2. The van der Waals surface area contributed by atoms with Crippen LogP contribution in [0.3, 0.4) is 0 Å². The maximum Gasteiger partial charge on any atom is 0.278 e. The van der Waals surface area contributed by atoms with E-state index in [1.165, 1.54) is 36.8 Å². The summed E-state index contributed by atoms with van der Waals surface area (Å²) < 4.78 is 7.36. The zero-order chi connectivity index (χ0) is 18.1. The molecule has 0 unspecified atom stereocenters. The molecule has 0 atom stereocenters. The molecule has 0 radical (unpaired) electrons. The first-order valence-electron chi connectivity index (χ1n) is 9.57. The van der Waals surface area contributed by atoms with Gasteiger partial charge in [-0.25, -0.2) is 4.68 Å². The molecule has 4 rings (SSSR count). The Balaban J connectivity index is 1.56. The zero-order valence-electron chi connectivity index (χ0n) is 15.5. The molecule has 2 aliphatic carbocycles. The van der Waals surface area contributed by atoms with Crippen LogP contribution in [0.5, 0.6) is 5.75 Å². The van der Waals surface area contributed by atoms with E-state index in [1.54, 1.807) is 7.11 Å². The van der Waals surface area contributed by atoms with Gasteiger partial charge < -0.3 is 10.1 Å². The van der Waals surface area contributed by atoms with Crippen LogP contribution in [-0.2, 0) is 19.4 Å². The molecule has 2 aromatic rings. The number of hydrogen-bond acceptors (Lipinski definition) is 4. The van der Waals surface area contributed by atoms with Crippen molar-refractivity contribution in [2.75, 3.05) is 12.4 Å². The Hall–Kier alpha value is -2.37. The highest BCUT2D eigenvalue weighted by Crippen LogP contribution is 2.36. The molecule has 26 heavy (non-hydrogen) atoms. The third-order valence-electron chi connectivity index (χ3n) is 5.81. The van der Waals surface area contributed by atoms with E-state index >= 15 is 0 Å². The van der Waals surface area contributed by atoms with Crippen LogP contribution in [0.25, 0.3) is 0 Å². The maximum absolute atomic E-state index is 12.9. The summed E-state index contributed by atoms with van der Waals surface area (Å²) in [6.07, 6.45) is 8.22. The fraction of sp³-hybridized carbons (Fsp3) is 0.550. The van der Waals surface area contributed by atoms with Gasteiger partial charge in [0, 0.05) is 6.54 Å². The van der Waals surface area contributed by atoms with Crippen molar-refractivity contribution in [3.05, 3.63) is 34.6 Å². The Morgan fingerprint density at radius 3 is 2.85 bits per heavy atom. The number of aryl methyl sites for hydroxylation is 1. The van der Waals surface area contributed by atoms with Crippen molar-refractivity contribution >= 4 is 11.6 Å². The van der Waals surface area contributed by atoms with E-state index in [1.807, 2.05) is 17.7 Å². The molecule has 6 nitrogen and oxygen atoms in total. The molecular weight excluding hydrogens is 328 g/mol. The van der Waals surface area contributed by atoms with Crippen LogP contribution in [0, 0.1) is 12.8 Å². The molecule has 1 saturated carbocycles. The lowest BCUT2D eigenvalue weighted by molar-refractivity contribution is 0.102. The van der Waals surface area contributed by atoms with Gasteiger partial charge in [-0.1, -0.05) is 24.1 Å². The number of carbonyl (C=O) groups excluding carboxylic acids is 1. The zero-order valence-corrected chi connectivity index (χ0v) is 15.5.